The first kappa shape index (κ1) is 15.5. The molecule has 0 saturated heterocycles. The van der Waals surface area contributed by atoms with Crippen LogP contribution >= 0.6 is 11.8 Å². The van der Waals surface area contributed by atoms with Gasteiger partial charge in [0.2, 0.25) is 9.84 Å². The van der Waals surface area contributed by atoms with E-state index in [1.165, 1.54) is 34.5 Å². The fraction of sp³-hybridized carbons (Fsp3) is 0.143. The molecule has 0 spiro atoms. The Kier molecular flexibility index (Phi) is 4.64. The first-order valence-corrected chi connectivity index (χ1v) is 8.78. The zero-order chi connectivity index (χ0) is 15.5. The van der Waals surface area contributed by atoms with Gasteiger partial charge in [-0.15, -0.1) is 6.58 Å². The lowest BCUT2D eigenvalue weighted by molar-refractivity contribution is 0.582. The summed E-state index contributed by atoms with van der Waals surface area (Å²) < 4.78 is 26.3. The van der Waals surface area contributed by atoms with Crippen LogP contribution in [0.4, 0.5) is 0 Å². The van der Waals surface area contributed by atoms with E-state index in [2.05, 4.69) is 11.6 Å². The highest BCUT2D eigenvalue weighted by Crippen LogP contribution is 2.18. The van der Waals surface area contributed by atoms with Gasteiger partial charge in [-0.25, -0.2) is 13.4 Å². The van der Waals surface area contributed by atoms with Crippen molar-refractivity contribution in [2.45, 2.75) is 21.5 Å². The van der Waals surface area contributed by atoms with Crippen molar-refractivity contribution in [3.63, 3.8) is 0 Å². The van der Waals surface area contributed by atoms with Crippen LogP contribution in [0.25, 0.3) is 0 Å². The molecular weight excluding hydrogens is 308 g/mol. The predicted molar refractivity (Wildman–Crippen MR) is 82.4 cm³/mol. The molecule has 7 heteroatoms. The minimum Gasteiger partial charge on any atom is -0.283 e. The molecule has 0 amide bonds. The lowest BCUT2D eigenvalue weighted by Gasteiger charge is -2.10. The molecule has 0 atom stereocenters. The Morgan fingerprint density at radius 2 is 2.00 bits per heavy atom. The second kappa shape index (κ2) is 6.28. The van der Waals surface area contributed by atoms with Crippen LogP contribution < -0.4 is 5.56 Å². The molecule has 0 fully saturated rings. The van der Waals surface area contributed by atoms with Crippen molar-refractivity contribution in [3.8, 4) is 0 Å². The average Bonchev–Trinajstić information content (AvgIpc) is 2.50. The van der Waals surface area contributed by atoms with Gasteiger partial charge in [-0.3, -0.25) is 9.36 Å². The molecule has 21 heavy (non-hydrogen) atoms. The van der Waals surface area contributed by atoms with E-state index in [1.807, 2.05) is 0 Å². The summed E-state index contributed by atoms with van der Waals surface area (Å²) in [7, 11) is -3.87. The Hall–Kier alpha value is -1.86. The van der Waals surface area contributed by atoms with E-state index < -0.39 is 15.4 Å². The zero-order valence-corrected chi connectivity index (χ0v) is 13.0. The Balaban J connectivity index is 2.68. The molecule has 2 aromatic rings. The molecule has 0 aliphatic rings. The van der Waals surface area contributed by atoms with Crippen molar-refractivity contribution in [2.75, 3.05) is 6.26 Å². The van der Waals surface area contributed by atoms with Crippen LogP contribution in [-0.4, -0.2) is 24.2 Å². The molecular formula is C14H14N2O3S2. The monoisotopic (exact) mass is 322 g/mol. The second-order valence-corrected chi connectivity index (χ2v) is 6.82. The van der Waals surface area contributed by atoms with Crippen molar-refractivity contribution in [3.05, 3.63) is 59.5 Å². The Bertz CT molecular complexity index is 812. The topological polar surface area (TPSA) is 69.0 Å². The number of hydrogen-bond acceptors (Lipinski definition) is 5. The maximum Gasteiger partial charge on any atom is 0.273 e. The van der Waals surface area contributed by atoms with E-state index in [-0.39, 0.29) is 16.3 Å². The number of thioether (sulfide) groups is 1. The molecule has 0 aliphatic carbocycles. The van der Waals surface area contributed by atoms with E-state index in [1.54, 1.807) is 24.5 Å². The summed E-state index contributed by atoms with van der Waals surface area (Å²) in [5.41, 5.74) is -0.585. The highest BCUT2D eigenvalue weighted by Gasteiger charge is 2.23. The molecule has 0 radical (unpaired) electrons. The van der Waals surface area contributed by atoms with Gasteiger partial charge >= 0.3 is 0 Å². The maximum atomic E-state index is 12.5. The smallest absolute Gasteiger partial charge is 0.273 e. The maximum absolute atomic E-state index is 12.5. The first-order valence-electron chi connectivity index (χ1n) is 6.07. The van der Waals surface area contributed by atoms with Crippen LogP contribution in [0.5, 0.6) is 0 Å². The van der Waals surface area contributed by atoms with Gasteiger partial charge in [-0.05, 0) is 18.4 Å². The Morgan fingerprint density at radius 1 is 1.33 bits per heavy atom. The Morgan fingerprint density at radius 3 is 2.57 bits per heavy atom. The molecule has 0 N–H and O–H groups in total. The minimum absolute atomic E-state index is 0.0750. The van der Waals surface area contributed by atoms with E-state index in [4.69, 9.17) is 0 Å². The summed E-state index contributed by atoms with van der Waals surface area (Å²) in [6.45, 7) is 3.78. The highest BCUT2D eigenvalue weighted by molar-refractivity contribution is 7.98. The van der Waals surface area contributed by atoms with Crippen LogP contribution in [0.2, 0.25) is 0 Å². The summed E-state index contributed by atoms with van der Waals surface area (Å²) in [4.78, 5) is 16.3. The largest absolute Gasteiger partial charge is 0.283 e. The number of rotatable bonds is 5. The molecule has 0 bridgehead atoms. The second-order valence-electron chi connectivity index (χ2n) is 4.13. The van der Waals surface area contributed by atoms with Crippen molar-refractivity contribution in [1.29, 1.82) is 0 Å². The molecule has 0 unspecified atom stereocenters. The van der Waals surface area contributed by atoms with E-state index in [0.29, 0.717) is 5.16 Å². The van der Waals surface area contributed by atoms with Gasteiger partial charge in [0.15, 0.2) is 10.1 Å². The van der Waals surface area contributed by atoms with Gasteiger partial charge in [0.25, 0.3) is 5.56 Å². The van der Waals surface area contributed by atoms with E-state index in [0.717, 1.165) is 6.20 Å². The predicted octanol–water partition coefficient (Wildman–Crippen LogP) is 1.98. The lowest BCUT2D eigenvalue weighted by atomic mass is 10.4. The summed E-state index contributed by atoms with van der Waals surface area (Å²) in [5.74, 6) is 0. The molecule has 1 heterocycles. The lowest BCUT2D eigenvalue weighted by Crippen LogP contribution is -2.28. The quantitative estimate of drug-likeness (QED) is 0.478. The fourth-order valence-electron chi connectivity index (χ4n) is 1.82. The van der Waals surface area contributed by atoms with Crippen LogP contribution in [0, 0.1) is 0 Å². The van der Waals surface area contributed by atoms with Gasteiger partial charge in [0, 0.05) is 6.54 Å². The van der Waals surface area contributed by atoms with Gasteiger partial charge in [-0.2, -0.15) is 0 Å². The van der Waals surface area contributed by atoms with Gasteiger partial charge in [-0.1, -0.05) is 36.0 Å². The van der Waals surface area contributed by atoms with Crippen LogP contribution in [0.1, 0.15) is 0 Å². The van der Waals surface area contributed by atoms with Gasteiger partial charge < -0.3 is 0 Å². The summed E-state index contributed by atoms with van der Waals surface area (Å²) in [6, 6.07) is 7.84. The standard InChI is InChI=1S/C14H14N2O3S2/c1-3-9-16-13(17)12(10-15-14(16)20-2)21(18,19)11-7-5-4-6-8-11/h3-8,10H,1,9H2,2H3. The average molecular weight is 322 g/mol. The third kappa shape index (κ3) is 2.93. The first-order chi connectivity index (χ1) is 10.0. The van der Waals surface area contributed by atoms with Gasteiger partial charge in [0.05, 0.1) is 11.1 Å². The molecule has 1 aromatic heterocycles. The van der Waals surface area contributed by atoms with Crippen molar-refractivity contribution in [1.82, 2.24) is 9.55 Å². The minimum atomic E-state index is -3.87. The summed E-state index contributed by atoms with van der Waals surface area (Å²) in [6.07, 6.45) is 4.42. The SMILES string of the molecule is C=CCn1c(SC)ncc(S(=O)(=O)c2ccccc2)c1=O. The number of allylic oxidation sites excluding steroid dienone is 1. The summed E-state index contributed by atoms with van der Waals surface area (Å²) >= 11 is 1.27. The zero-order valence-electron chi connectivity index (χ0n) is 11.4. The number of benzene rings is 1. The van der Waals surface area contributed by atoms with Crippen LogP contribution in [0.3, 0.4) is 0 Å². The number of aromatic nitrogens is 2. The molecule has 1 aromatic carbocycles. The molecule has 110 valence electrons. The van der Waals surface area contributed by atoms with E-state index >= 15 is 0 Å². The normalized spacial score (nSPS) is 11.3. The third-order valence-corrected chi connectivity index (χ3v) is 5.26. The number of hydrogen-bond donors (Lipinski definition) is 0. The van der Waals surface area contributed by atoms with Gasteiger partial charge in [0.1, 0.15) is 0 Å². The summed E-state index contributed by atoms with van der Waals surface area (Å²) in [5, 5.41) is 0.451. The molecule has 5 nitrogen and oxygen atoms in total. The molecule has 2 rings (SSSR count). The molecule has 0 aliphatic heterocycles. The van der Waals surface area contributed by atoms with Crippen LogP contribution in [0.15, 0.2) is 68.9 Å². The highest BCUT2D eigenvalue weighted by atomic mass is 32.2. The molecule has 0 saturated carbocycles. The van der Waals surface area contributed by atoms with E-state index in [9.17, 15) is 13.2 Å². The fourth-order valence-corrected chi connectivity index (χ4v) is 3.66. The van der Waals surface area contributed by atoms with Crippen LogP contribution in [-0.2, 0) is 16.4 Å². The van der Waals surface area contributed by atoms with Crippen molar-refractivity contribution in [2.24, 2.45) is 0 Å². The Labute approximate surface area is 127 Å². The number of nitrogens with zero attached hydrogens (tertiary/aromatic N) is 2. The van der Waals surface area contributed by atoms with Crippen molar-refractivity contribution < 1.29 is 8.42 Å². The van der Waals surface area contributed by atoms with Crippen molar-refractivity contribution >= 4 is 21.6 Å². The third-order valence-electron chi connectivity index (χ3n) is 2.82. The number of sulfone groups is 1.